The molecule has 0 bridgehead atoms. The summed E-state index contributed by atoms with van der Waals surface area (Å²) in [5.74, 6) is 0.452. The predicted molar refractivity (Wildman–Crippen MR) is 74.8 cm³/mol. The van der Waals surface area contributed by atoms with Gasteiger partial charge in [0.2, 0.25) is 0 Å². The maximum absolute atomic E-state index is 13.7. The van der Waals surface area contributed by atoms with Gasteiger partial charge in [0.1, 0.15) is 5.75 Å². The van der Waals surface area contributed by atoms with Crippen LogP contribution in [0.5, 0.6) is 11.5 Å². The van der Waals surface area contributed by atoms with Gasteiger partial charge in [-0.2, -0.15) is 0 Å². The van der Waals surface area contributed by atoms with Crippen LogP contribution in [0.4, 0.5) is 4.39 Å². The van der Waals surface area contributed by atoms with Crippen LogP contribution >= 0.6 is 0 Å². The zero-order chi connectivity index (χ0) is 13.7. The zero-order valence-corrected chi connectivity index (χ0v) is 11.0. The molecule has 2 N–H and O–H groups in total. The molecule has 3 heteroatoms. The van der Waals surface area contributed by atoms with E-state index in [2.05, 4.69) is 6.92 Å². The van der Waals surface area contributed by atoms with Crippen molar-refractivity contribution in [3.05, 3.63) is 59.4 Å². The molecule has 0 fully saturated rings. The molecule has 0 heterocycles. The fraction of sp³-hybridized carbons (Fsp3) is 0.250. The lowest BCUT2D eigenvalue weighted by Crippen LogP contribution is -2.01. The first kappa shape index (κ1) is 13.6. The largest absolute Gasteiger partial charge is 0.454 e. The minimum Gasteiger partial charge on any atom is -0.454 e. The molecular weight excluding hydrogens is 241 g/mol. The summed E-state index contributed by atoms with van der Waals surface area (Å²) in [7, 11) is 0. The first-order chi connectivity index (χ1) is 9.24. The van der Waals surface area contributed by atoms with Gasteiger partial charge in [0.05, 0.1) is 0 Å². The summed E-state index contributed by atoms with van der Waals surface area (Å²) in [5.41, 5.74) is 7.51. The van der Waals surface area contributed by atoms with Crippen molar-refractivity contribution in [2.24, 2.45) is 5.73 Å². The first-order valence-electron chi connectivity index (χ1n) is 6.49. The smallest absolute Gasteiger partial charge is 0.167 e. The molecule has 0 unspecified atom stereocenters. The van der Waals surface area contributed by atoms with Crippen LogP contribution in [0.3, 0.4) is 0 Å². The molecule has 2 aromatic carbocycles. The minimum atomic E-state index is -0.388. The van der Waals surface area contributed by atoms with Gasteiger partial charge in [-0.1, -0.05) is 37.6 Å². The minimum absolute atomic E-state index is 0.216. The van der Waals surface area contributed by atoms with Gasteiger partial charge in [-0.15, -0.1) is 0 Å². The SMILES string of the molecule is CCCc1ccc(Oc2c(F)cccc2CN)cc1. The van der Waals surface area contributed by atoms with E-state index < -0.39 is 0 Å². The highest BCUT2D eigenvalue weighted by molar-refractivity contribution is 5.39. The average molecular weight is 259 g/mol. The highest BCUT2D eigenvalue weighted by atomic mass is 19.1. The highest BCUT2D eigenvalue weighted by Crippen LogP contribution is 2.28. The molecule has 0 spiro atoms. The van der Waals surface area contributed by atoms with Crippen LogP contribution in [-0.2, 0) is 13.0 Å². The summed E-state index contributed by atoms with van der Waals surface area (Å²) >= 11 is 0. The van der Waals surface area contributed by atoms with E-state index in [1.807, 2.05) is 24.3 Å². The second-order valence-corrected chi connectivity index (χ2v) is 4.43. The van der Waals surface area contributed by atoms with Crippen LogP contribution in [0.1, 0.15) is 24.5 Å². The zero-order valence-electron chi connectivity index (χ0n) is 11.0. The molecule has 19 heavy (non-hydrogen) atoms. The van der Waals surface area contributed by atoms with E-state index in [1.165, 1.54) is 11.6 Å². The molecular formula is C16H18FNO. The number of ether oxygens (including phenoxy) is 1. The number of para-hydroxylation sites is 1. The Morgan fingerprint density at radius 1 is 1.11 bits per heavy atom. The molecule has 0 amide bonds. The lowest BCUT2D eigenvalue weighted by atomic mass is 10.1. The Kier molecular flexibility index (Phi) is 4.53. The van der Waals surface area contributed by atoms with Crippen LogP contribution in [0.2, 0.25) is 0 Å². The number of hydrogen-bond acceptors (Lipinski definition) is 2. The molecule has 0 saturated heterocycles. The molecule has 2 aromatic rings. The average Bonchev–Trinajstić information content (AvgIpc) is 2.43. The quantitative estimate of drug-likeness (QED) is 0.879. The molecule has 2 rings (SSSR count). The summed E-state index contributed by atoms with van der Waals surface area (Å²) in [5, 5.41) is 0. The summed E-state index contributed by atoms with van der Waals surface area (Å²) in [6.45, 7) is 2.39. The maximum atomic E-state index is 13.7. The van der Waals surface area contributed by atoms with Crippen molar-refractivity contribution in [1.82, 2.24) is 0 Å². The van der Waals surface area contributed by atoms with Crippen LogP contribution in [0, 0.1) is 5.82 Å². The van der Waals surface area contributed by atoms with E-state index in [4.69, 9.17) is 10.5 Å². The van der Waals surface area contributed by atoms with Crippen LogP contribution in [0.25, 0.3) is 0 Å². The molecule has 0 saturated carbocycles. The summed E-state index contributed by atoms with van der Waals surface area (Å²) in [4.78, 5) is 0. The lowest BCUT2D eigenvalue weighted by molar-refractivity contribution is 0.436. The highest BCUT2D eigenvalue weighted by Gasteiger charge is 2.09. The Hall–Kier alpha value is -1.87. The second-order valence-electron chi connectivity index (χ2n) is 4.43. The Bertz CT molecular complexity index is 537. The standard InChI is InChI=1S/C16H18FNO/c1-2-4-12-7-9-14(10-8-12)19-16-13(11-18)5-3-6-15(16)17/h3,5-10H,2,4,11,18H2,1H3. The summed E-state index contributed by atoms with van der Waals surface area (Å²) < 4.78 is 19.4. The molecule has 0 aliphatic carbocycles. The lowest BCUT2D eigenvalue weighted by Gasteiger charge is -2.11. The Balaban J connectivity index is 2.21. The van der Waals surface area contributed by atoms with Gasteiger partial charge in [0, 0.05) is 12.1 Å². The van der Waals surface area contributed by atoms with Crippen molar-refractivity contribution in [1.29, 1.82) is 0 Å². The number of benzene rings is 2. The van der Waals surface area contributed by atoms with Crippen molar-refractivity contribution in [3.63, 3.8) is 0 Å². The third-order valence-electron chi connectivity index (χ3n) is 2.95. The van der Waals surface area contributed by atoms with Gasteiger partial charge in [-0.3, -0.25) is 0 Å². The molecule has 0 aliphatic heterocycles. The van der Waals surface area contributed by atoms with Gasteiger partial charge in [0.25, 0.3) is 0 Å². The summed E-state index contributed by atoms with van der Waals surface area (Å²) in [6.07, 6.45) is 2.14. The van der Waals surface area contributed by atoms with Gasteiger partial charge in [0.15, 0.2) is 11.6 Å². The number of hydrogen-bond donors (Lipinski definition) is 1. The third-order valence-corrected chi connectivity index (χ3v) is 2.95. The van der Waals surface area contributed by atoms with E-state index in [-0.39, 0.29) is 18.1 Å². The molecule has 0 atom stereocenters. The van der Waals surface area contributed by atoms with E-state index >= 15 is 0 Å². The van der Waals surface area contributed by atoms with Crippen LogP contribution < -0.4 is 10.5 Å². The topological polar surface area (TPSA) is 35.2 Å². The van der Waals surface area contributed by atoms with Crippen LogP contribution in [-0.4, -0.2) is 0 Å². The van der Waals surface area contributed by atoms with Crippen molar-refractivity contribution >= 4 is 0 Å². The monoisotopic (exact) mass is 259 g/mol. The number of halogens is 1. The number of nitrogens with two attached hydrogens (primary N) is 1. The Labute approximate surface area is 113 Å². The second kappa shape index (κ2) is 6.34. The number of rotatable bonds is 5. The van der Waals surface area contributed by atoms with Crippen molar-refractivity contribution in [3.8, 4) is 11.5 Å². The third kappa shape index (κ3) is 3.32. The van der Waals surface area contributed by atoms with Crippen molar-refractivity contribution < 1.29 is 9.13 Å². The fourth-order valence-corrected chi connectivity index (χ4v) is 1.96. The Morgan fingerprint density at radius 2 is 1.84 bits per heavy atom. The van der Waals surface area contributed by atoms with Gasteiger partial charge >= 0.3 is 0 Å². The Morgan fingerprint density at radius 3 is 2.47 bits per heavy atom. The maximum Gasteiger partial charge on any atom is 0.167 e. The summed E-state index contributed by atoms with van der Waals surface area (Å²) in [6, 6.07) is 12.5. The van der Waals surface area contributed by atoms with Gasteiger partial charge < -0.3 is 10.5 Å². The normalized spacial score (nSPS) is 10.5. The van der Waals surface area contributed by atoms with E-state index in [9.17, 15) is 4.39 Å². The van der Waals surface area contributed by atoms with Gasteiger partial charge in [-0.05, 0) is 30.2 Å². The van der Waals surface area contributed by atoms with E-state index in [0.29, 0.717) is 11.3 Å². The van der Waals surface area contributed by atoms with Crippen molar-refractivity contribution in [2.45, 2.75) is 26.3 Å². The van der Waals surface area contributed by atoms with Gasteiger partial charge in [-0.25, -0.2) is 4.39 Å². The first-order valence-corrected chi connectivity index (χ1v) is 6.49. The molecule has 100 valence electrons. The van der Waals surface area contributed by atoms with E-state index in [0.717, 1.165) is 12.8 Å². The molecule has 2 nitrogen and oxygen atoms in total. The van der Waals surface area contributed by atoms with Crippen molar-refractivity contribution in [2.75, 3.05) is 0 Å². The number of aryl methyl sites for hydroxylation is 1. The molecule has 0 aliphatic rings. The molecule has 0 radical (unpaired) electrons. The fourth-order valence-electron chi connectivity index (χ4n) is 1.96. The van der Waals surface area contributed by atoms with E-state index in [1.54, 1.807) is 12.1 Å². The molecule has 0 aromatic heterocycles. The predicted octanol–water partition coefficient (Wildman–Crippen LogP) is 4.03. The van der Waals surface area contributed by atoms with Crippen LogP contribution in [0.15, 0.2) is 42.5 Å².